The van der Waals surface area contributed by atoms with E-state index in [0.717, 1.165) is 49.2 Å². The van der Waals surface area contributed by atoms with E-state index in [4.69, 9.17) is 4.74 Å². The van der Waals surface area contributed by atoms with Crippen molar-refractivity contribution in [3.8, 4) is 5.69 Å². The minimum absolute atomic E-state index is 0.766. The van der Waals surface area contributed by atoms with E-state index in [1.54, 1.807) is 6.20 Å². The van der Waals surface area contributed by atoms with Crippen molar-refractivity contribution in [3.05, 3.63) is 35.9 Å². The fourth-order valence-electron chi connectivity index (χ4n) is 2.06. The molecule has 0 bridgehead atoms. The molecule has 5 heteroatoms. The summed E-state index contributed by atoms with van der Waals surface area (Å²) in [4.78, 5) is 8.86. The van der Waals surface area contributed by atoms with E-state index < -0.39 is 0 Å². The number of rotatable bonds is 7. The van der Waals surface area contributed by atoms with Gasteiger partial charge >= 0.3 is 0 Å². The van der Waals surface area contributed by atoms with Crippen LogP contribution in [0.15, 0.2) is 24.5 Å². The fourth-order valence-corrected chi connectivity index (χ4v) is 2.06. The summed E-state index contributed by atoms with van der Waals surface area (Å²) in [6.45, 7) is 8.39. The molecule has 0 atom stereocenters. The van der Waals surface area contributed by atoms with Crippen LogP contribution in [0, 0.1) is 13.8 Å². The average Bonchev–Trinajstić information content (AvgIpc) is 2.80. The molecule has 2 rings (SSSR count). The van der Waals surface area contributed by atoms with Gasteiger partial charge in [-0.05, 0) is 39.3 Å². The minimum atomic E-state index is 0.766. The van der Waals surface area contributed by atoms with Crippen molar-refractivity contribution in [2.75, 3.05) is 25.1 Å². The molecule has 0 aliphatic heterocycles. The van der Waals surface area contributed by atoms with Crippen LogP contribution in [0.1, 0.15) is 24.7 Å². The predicted octanol–water partition coefficient (Wildman–Crippen LogP) is 2.72. The molecule has 0 saturated carbocycles. The number of anilines is 1. The zero-order chi connectivity index (χ0) is 14.4. The van der Waals surface area contributed by atoms with Crippen LogP contribution >= 0.6 is 0 Å². The van der Waals surface area contributed by atoms with Gasteiger partial charge < -0.3 is 10.1 Å². The van der Waals surface area contributed by atoms with Gasteiger partial charge in [0.25, 0.3) is 0 Å². The molecule has 5 nitrogen and oxygen atoms in total. The maximum Gasteiger partial charge on any atom is 0.207 e. The molecule has 2 heterocycles. The minimum Gasteiger partial charge on any atom is -0.382 e. The van der Waals surface area contributed by atoms with Crippen molar-refractivity contribution >= 4 is 5.95 Å². The smallest absolute Gasteiger partial charge is 0.207 e. The highest BCUT2D eigenvalue weighted by Crippen LogP contribution is 2.18. The van der Waals surface area contributed by atoms with Crippen LogP contribution in [0.4, 0.5) is 5.95 Å². The number of aryl methyl sites for hydroxylation is 2. The van der Waals surface area contributed by atoms with Crippen LogP contribution in [0.2, 0.25) is 0 Å². The van der Waals surface area contributed by atoms with Crippen LogP contribution in [-0.2, 0) is 4.74 Å². The molecule has 0 spiro atoms. The second-order valence-electron chi connectivity index (χ2n) is 4.66. The number of imidazole rings is 1. The van der Waals surface area contributed by atoms with Gasteiger partial charge in [-0.2, -0.15) is 0 Å². The van der Waals surface area contributed by atoms with Gasteiger partial charge in [-0.3, -0.25) is 9.55 Å². The molecule has 1 N–H and O–H groups in total. The second kappa shape index (κ2) is 7.05. The molecule has 0 fully saturated rings. The monoisotopic (exact) mass is 274 g/mol. The Morgan fingerprint density at radius 2 is 2.20 bits per heavy atom. The molecular weight excluding hydrogens is 252 g/mol. The Labute approximate surface area is 120 Å². The molecule has 108 valence electrons. The first kappa shape index (κ1) is 14.5. The van der Waals surface area contributed by atoms with Crippen LogP contribution in [0.3, 0.4) is 0 Å². The lowest BCUT2D eigenvalue weighted by molar-refractivity contribution is 0.147. The summed E-state index contributed by atoms with van der Waals surface area (Å²) >= 11 is 0. The first-order chi connectivity index (χ1) is 9.72. The Morgan fingerprint density at radius 1 is 1.35 bits per heavy atom. The largest absolute Gasteiger partial charge is 0.382 e. The van der Waals surface area contributed by atoms with Gasteiger partial charge in [0.05, 0.1) is 17.1 Å². The van der Waals surface area contributed by atoms with Crippen LogP contribution in [0.25, 0.3) is 5.69 Å². The van der Waals surface area contributed by atoms with E-state index in [1.165, 1.54) is 0 Å². The Hall–Kier alpha value is -1.88. The van der Waals surface area contributed by atoms with E-state index in [1.807, 2.05) is 33.0 Å². The lowest BCUT2D eigenvalue weighted by Crippen LogP contribution is -2.10. The summed E-state index contributed by atoms with van der Waals surface area (Å²) in [6, 6.07) is 3.99. The van der Waals surface area contributed by atoms with E-state index in [2.05, 4.69) is 25.9 Å². The summed E-state index contributed by atoms with van der Waals surface area (Å²) in [5, 5.41) is 3.36. The molecule has 0 radical (unpaired) electrons. The van der Waals surface area contributed by atoms with Crippen LogP contribution < -0.4 is 5.32 Å². The molecule has 0 aromatic carbocycles. The number of hydrogen-bond acceptors (Lipinski definition) is 4. The van der Waals surface area contributed by atoms with Crippen molar-refractivity contribution in [2.24, 2.45) is 0 Å². The Kier molecular flexibility index (Phi) is 5.12. The highest BCUT2D eigenvalue weighted by molar-refractivity contribution is 5.45. The van der Waals surface area contributed by atoms with Crippen molar-refractivity contribution in [1.29, 1.82) is 0 Å². The van der Waals surface area contributed by atoms with Gasteiger partial charge in [0.1, 0.15) is 0 Å². The van der Waals surface area contributed by atoms with Crippen LogP contribution in [-0.4, -0.2) is 34.3 Å². The topological polar surface area (TPSA) is 52.0 Å². The highest BCUT2D eigenvalue weighted by atomic mass is 16.5. The quantitative estimate of drug-likeness (QED) is 0.789. The Bertz CT molecular complexity index is 551. The number of nitrogens with one attached hydrogen (secondary N) is 1. The van der Waals surface area contributed by atoms with Gasteiger partial charge in [0.2, 0.25) is 5.95 Å². The first-order valence-corrected chi connectivity index (χ1v) is 7.02. The van der Waals surface area contributed by atoms with Gasteiger partial charge in [0, 0.05) is 32.2 Å². The number of ether oxygens (including phenoxy) is 1. The lowest BCUT2D eigenvalue weighted by atomic mass is 10.3. The van der Waals surface area contributed by atoms with Gasteiger partial charge in [0.15, 0.2) is 0 Å². The summed E-state index contributed by atoms with van der Waals surface area (Å²) in [5.41, 5.74) is 3.03. The summed E-state index contributed by atoms with van der Waals surface area (Å²) < 4.78 is 7.39. The Balaban J connectivity index is 2.09. The van der Waals surface area contributed by atoms with Crippen molar-refractivity contribution in [1.82, 2.24) is 14.5 Å². The van der Waals surface area contributed by atoms with E-state index in [9.17, 15) is 0 Å². The standard InChI is InChI=1S/C15H22N4O/c1-4-20-10-6-9-17-15-18-12(2)11-19(15)14-7-5-8-16-13(14)3/h5,7-8,11H,4,6,9-10H2,1-3H3,(H,17,18). The highest BCUT2D eigenvalue weighted by Gasteiger charge is 2.09. The molecule has 0 aliphatic rings. The number of pyridine rings is 1. The zero-order valence-electron chi connectivity index (χ0n) is 12.4. The van der Waals surface area contributed by atoms with Crippen LogP contribution in [0.5, 0.6) is 0 Å². The van der Waals surface area contributed by atoms with Gasteiger partial charge in [-0.15, -0.1) is 0 Å². The third kappa shape index (κ3) is 3.57. The fraction of sp³-hybridized carbons (Fsp3) is 0.467. The third-order valence-electron chi connectivity index (χ3n) is 3.02. The lowest BCUT2D eigenvalue weighted by Gasteiger charge is -2.11. The van der Waals surface area contributed by atoms with Crippen molar-refractivity contribution < 1.29 is 4.74 Å². The Morgan fingerprint density at radius 3 is 2.95 bits per heavy atom. The predicted molar refractivity (Wildman–Crippen MR) is 80.4 cm³/mol. The van der Waals surface area contributed by atoms with E-state index in [0.29, 0.717) is 0 Å². The van der Waals surface area contributed by atoms with Crippen molar-refractivity contribution in [3.63, 3.8) is 0 Å². The molecule has 0 saturated heterocycles. The molecule has 2 aromatic rings. The summed E-state index contributed by atoms with van der Waals surface area (Å²) in [5.74, 6) is 0.857. The third-order valence-corrected chi connectivity index (χ3v) is 3.02. The van der Waals surface area contributed by atoms with Crippen molar-refractivity contribution in [2.45, 2.75) is 27.2 Å². The average molecular weight is 274 g/mol. The second-order valence-corrected chi connectivity index (χ2v) is 4.66. The normalized spacial score (nSPS) is 10.8. The number of nitrogens with zero attached hydrogens (tertiary/aromatic N) is 3. The molecule has 2 aromatic heterocycles. The number of hydrogen-bond donors (Lipinski definition) is 1. The van der Waals surface area contributed by atoms with E-state index >= 15 is 0 Å². The molecule has 0 aliphatic carbocycles. The molecule has 0 amide bonds. The maximum atomic E-state index is 5.33. The zero-order valence-corrected chi connectivity index (χ0v) is 12.4. The number of aromatic nitrogens is 3. The molecular formula is C15H22N4O. The summed E-state index contributed by atoms with van der Waals surface area (Å²) in [6.07, 6.45) is 4.79. The summed E-state index contributed by atoms with van der Waals surface area (Å²) in [7, 11) is 0. The molecule has 0 unspecified atom stereocenters. The molecule has 20 heavy (non-hydrogen) atoms. The SMILES string of the molecule is CCOCCCNc1nc(C)cn1-c1cccnc1C. The first-order valence-electron chi connectivity index (χ1n) is 7.02. The maximum absolute atomic E-state index is 5.33. The van der Waals surface area contributed by atoms with Gasteiger partial charge in [-0.1, -0.05) is 0 Å². The van der Waals surface area contributed by atoms with Gasteiger partial charge in [-0.25, -0.2) is 4.98 Å². The van der Waals surface area contributed by atoms with E-state index in [-0.39, 0.29) is 0 Å².